The lowest BCUT2D eigenvalue weighted by Gasteiger charge is -2.49. The summed E-state index contributed by atoms with van der Waals surface area (Å²) in [5.74, 6) is 0.00498. The fourth-order valence-electron chi connectivity index (χ4n) is 10.7. The highest BCUT2D eigenvalue weighted by Crippen LogP contribution is 2.68. The molecule has 0 saturated carbocycles. The van der Waals surface area contributed by atoms with E-state index in [4.69, 9.17) is 11.6 Å². The van der Waals surface area contributed by atoms with Gasteiger partial charge in [0.05, 0.1) is 28.1 Å². The third kappa shape index (κ3) is 5.90. The van der Waals surface area contributed by atoms with Crippen molar-refractivity contribution in [2.75, 3.05) is 9.80 Å². The minimum atomic E-state index is -2.83. The Kier molecular flexibility index (Phi) is 7.14. The molecule has 4 heteroatoms. The van der Waals surface area contributed by atoms with Crippen LogP contribution in [0.1, 0.15) is 131 Å². The predicted molar refractivity (Wildman–Crippen MR) is 266 cm³/mol. The van der Waals surface area contributed by atoms with Gasteiger partial charge in [0.2, 0.25) is 5.69 Å². The Hall–Kier alpha value is -6.13. The van der Waals surface area contributed by atoms with Crippen molar-refractivity contribution in [2.24, 2.45) is 5.92 Å². The van der Waals surface area contributed by atoms with Gasteiger partial charge in [0.15, 0.2) is 6.20 Å². The Labute approximate surface area is 391 Å². The maximum absolute atomic E-state index is 9.20. The summed E-state index contributed by atoms with van der Waals surface area (Å²) < 4.78 is 70.8. The molecule has 5 heterocycles. The average molecular weight is 848 g/mol. The van der Waals surface area contributed by atoms with Crippen LogP contribution in [0.3, 0.4) is 0 Å². The standard InChI is InChI=1S/C60H62N3O/c1-36(2)29-38-23-26-50(45(30-38)40-17-14-13-15-18-40)62-51-20-16-19-44-46-32-42(57(4,5)6)33-47-52-31-41(39-24-21-37(3)22-25-39)27-28-61(52)60(53(46)47)63(54(44)51)56(62)48-34-43(58(7,8)9)35-49(55(48)64-60)59(10,11)12/h13-28,30-36,56H,29H2,1-12H3/q+1/i3D3,21D,22D,24D,25D. The topological polar surface area (TPSA) is 19.6 Å². The Bertz CT molecular complexity index is 3380. The molecule has 0 N–H and O–H groups in total. The van der Waals surface area contributed by atoms with E-state index in [-0.39, 0.29) is 21.8 Å². The number of anilines is 3. The van der Waals surface area contributed by atoms with Crippen LogP contribution in [-0.4, -0.2) is 0 Å². The molecule has 0 bridgehead atoms. The van der Waals surface area contributed by atoms with Crippen molar-refractivity contribution in [1.82, 2.24) is 0 Å². The van der Waals surface area contributed by atoms with E-state index in [1.54, 1.807) is 0 Å². The summed E-state index contributed by atoms with van der Waals surface area (Å²) >= 11 is 0. The van der Waals surface area contributed by atoms with Crippen LogP contribution in [-0.2, 0) is 28.5 Å². The molecule has 0 saturated heterocycles. The van der Waals surface area contributed by atoms with Gasteiger partial charge in [-0.15, -0.1) is 4.57 Å². The van der Waals surface area contributed by atoms with Gasteiger partial charge in [-0.05, 0) is 105 Å². The first-order chi connectivity index (χ1) is 33.2. The second-order valence-electron chi connectivity index (χ2n) is 21.9. The van der Waals surface area contributed by atoms with Crippen LogP contribution < -0.4 is 19.1 Å². The number of hydrogen-bond donors (Lipinski definition) is 0. The second kappa shape index (κ2) is 13.7. The smallest absolute Gasteiger partial charge is 0.410 e. The molecule has 1 aromatic heterocycles. The number of para-hydroxylation sites is 1. The van der Waals surface area contributed by atoms with Crippen molar-refractivity contribution in [3.8, 4) is 50.4 Å². The zero-order valence-electron chi connectivity index (χ0n) is 46.0. The molecule has 322 valence electrons. The zero-order chi connectivity index (χ0) is 50.8. The number of aromatic nitrogens is 1. The molecule has 2 atom stereocenters. The minimum absolute atomic E-state index is 0.0470. The van der Waals surface area contributed by atoms with Crippen LogP contribution in [0.4, 0.5) is 17.1 Å². The molecule has 64 heavy (non-hydrogen) atoms. The quantitative estimate of drug-likeness (QED) is 0.161. The lowest BCUT2D eigenvalue weighted by Crippen LogP contribution is -2.71. The number of hydrogen-bond acceptors (Lipinski definition) is 3. The van der Waals surface area contributed by atoms with Crippen molar-refractivity contribution in [3.63, 3.8) is 0 Å². The first-order valence-electron chi connectivity index (χ1n) is 26.4. The monoisotopic (exact) mass is 848 g/mol. The highest BCUT2D eigenvalue weighted by atomic mass is 16.5. The SMILES string of the molecule is [2H]c1c([2H])c(C([2H])([2H])[2H])c([2H])c([2H])c1-c1cc[n+]2c(c1)-c1cc(C(C)(C)C)cc3c1C21Oc2c(cc(C(C)(C)C)cc2C(C)(C)C)C2N(c4ccc(CC(C)C)cc4-c4ccccc4)c4cccc-3c4N21. The minimum Gasteiger partial charge on any atom is -0.410 e. The zero-order valence-corrected chi connectivity index (χ0v) is 39.0. The van der Waals surface area contributed by atoms with Gasteiger partial charge in [0.25, 0.3) is 0 Å². The lowest BCUT2D eigenvalue weighted by molar-refractivity contribution is -0.774. The van der Waals surface area contributed by atoms with Gasteiger partial charge in [-0.3, -0.25) is 0 Å². The third-order valence-corrected chi connectivity index (χ3v) is 13.8. The number of pyridine rings is 1. The molecule has 0 amide bonds. The summed E-state index contributed by atoms with van der Waals surface area (Å²) in [6.07, 6.45) is 2.51. The van der Waals surface area contributed by atoms with E-state index in [0.717, 1.165) is 85.0 Å². The summed E-state index contributed by atoms with van der Waals surface area (Å²) in [6.45, 7) is 22.0. The van der Waals surface area contributed by atoms with Gasteiger partial charge in [0.1, 0.15) is 17.5 Å². The number of rotatable bonds is 5. The number of ether oxygens (including phenoxy) is 1. The van der Waals surface area contributed by atoms with E-state index in [2.05, 4.69) is 182 Å². The van der Waals surface area contributed by atoms with Crippen molar-refractivity contribution in [1.29, 1.82) is 0 Å². The van der Waals surface area contributed by atoms with Crippen LogP contribution in [0.5, 0.6) is 5.75 Å². The average Bonchev–Trinajstić information content (AvgIpc) is 3.78. The lowest BCUT2D eigenvalue weighted by atomic mass is 9.77. The van der Waals surface area contributed by atoms with Gasteiger partial charge in [-0.1, -0.05) is 160 Å². The molecule has 0 fully saturated rings. The molecule has 2 unspecified atom stereocenters. The van der Waals surface area contributed by atoms with E-state index < -0.39 is 48.6 Å². The highest BCUT2D eigenvalue weighted by Gasteiger charge is 2.70. The Balaban J connectivity index is 1.28. The molecule has 4 nitrogen and oxygen atoms in total. The molecule has 4 aliphatic rings. The van der Waals surface area contributed by atoms with E-state index in [1.165, 1.54) is 11.1 Å². The summed E-state index contributed by atoms with van der Waals surface area (Å²) in [5, 5.41) is 0. The number of nitrogens with zero attached hydrogens (tertiary/aromatic N) is 3. The molecular weight excluding hydrogens is 779 g/mol. The summed E-state index contributed by atoms with van der Waals surface area (Å²) in [4.78, 5) is 5.07. The van der Waals surface area contributed by atoms with Crippen LogP contribution >= 0.6 is 0 Å². The van der Waals surface area contributed by atoms with E-state index in [1.807, 2.05) is 18.3 Å². The van der Waals surface area contributed by atoms with Gasteiger partial charge >= 0.3 is 5.85 Å². The van der Waals surface area contributed by atoms with Crippen molar-refractivity contribution in [3.05, 3.63) is 172 Å². The van der Waals surface area contributed by atoms with Gasteiger partial charge in [-0.25, -0.2) is 4.90 Å². The Morgan fingerprint density at radius 2 is 1.39 bits per heavy atom. The van der Waals surface area contributed by atoms with Crippen molar-refractivity contribution in [2.45, 2.75) is 118 Å². The van der Waals surface area contributed by atoms with Crippen molar-refractivity contribution >= 4 is 17.1 Å². The van der Waals surface area contributed by atoms with E-state index in [0.29, 0.717) is 11.5 Å². The van der Waals surface area contributed by atoms with E-state index in [9.17, 15) is 2.74 Å². The number of fused-ring (bicyclic) bond motifs is 5. The normalized spacial score (nSPS) is 19.6. The molecule has 4 aliphatic heterocycles. The van der Waals surface area contributed by atoms with Crippen LogP contribution in [0.15, 0.2) is 133 Å². The van der Waals surface area contributed by atoms with Crippen LogP contribution in [0, 0.1) is 12.8 Å². The fraction of sp³-hybridized carbons (Fsp3) is 0.317. The van der Waals surface area contributed by atoms with E-state index >= 15 is 0 Å². The molecular formula is C60H62N3O+. The van der Waals surface area contributed by atoms with Crippen molar-refractivity contribution < 1.29 is 18.9 Å². The maximum Gasteiger partial charge on any atom is 0.432 e. The van der Waals surface area contributed by atoms with Gasteiger partial charge in [-0.2, -0.15) is 0 Å². The van der Waals surface area contributed by atoms with Gasteiger partial charge < -0.3 is 9.64 Å². The largest absolute Gasteiger partial charge is 0.432 e. The molecule has 6 aromatic carbocycles. The van der Waals surface area contributed by atoms with Crippen LogP contribution in [0.2, 0.25) is 0 Å². The molecule has 11 rings (SSSR count). The number of benzene rings is 6. The summed E-state index contributed by atoms with van der Waals surface area (Å²) in [5.41, 5.74) is 15.2. The molecule has 0 radical (unpaired) electrons. The first kappa shape index (κ1) is 33.4. The molecule has 7 aromatic rings. The molecule has 0 aliphatic carbocycles. The first-order valence-corrected chi connectivity index (χ1v) is 22.9. The second-order valence-corrected chi connectivity index (χ2v) is 21.9. The highest BCUT2D eigenvalue weighted by molar-refractivity contribution is 6.03. The van der Waals surface area contributed by atoms with Crippen LogP contribution in [0.25, 0.3) is 44.6 Å². The van der Waals surface area contributed by atoms with Gasteiger partial charge in [0, 0.05) is 44.1 Å². The Morgan fingerprint density at radius 3 is 2.08 bits per heavy atom. The Morgan fingerprint density at radius 1 is 0.672 bits per heavy atom. The maximum atomic E-state index is 9.20. The third-order valence-electron chi connectivity index (χ3n) is 13.8. The summed E-state index contributed by atoms with van der Waals surface area (Å²) in [7, 11) is 0. The molecule has 1 spiro atoms. The fourth-order valence-corrected chi connectivity index (χ4v) is 10.7. The summed E-state index contributed by atoms with van der Waals surface area (Å²) in [6, 6.07) is 35.6. The predicted octanol–water partition coefficient (Wildman–Crippen LogP) is 15.1.